The topological polar surface area (TPSA) is 80.3 Å². The Morgan fingerprint density at radius 3 is 1.86 bits per heavy atom. The largest absolute Gasteiger partial charge is 0.279 e. The molecule has 0 amide bonds. The third kappa shape index (κ3) is 3.62. The number of hydrogen-bond donors (Lipinski definition) is 1. The number of sulfonamides is 1. The van der Waals surface area contributed by atoms with Gasteiger partial charge in [-0.05, 0) is 42.8 Å². The third-order valence-electron chi connectivity index (χ3n) is 2.95. The van der Waals surface area contributed by atoms with Gasteiger partial charge in [0.1, 0.15) is 0 Å². The van der Waals surface area contributed by atoms with Crippen LogP contribution in [0, 0.1) is 6.92 Å². The van der Waals surface area contributed by atoms with Gasteiger partial charge in [0.2, 0.25) is 0 Å². The summed E-state index contributed by atoms with van der Waals surface area (Å²) in [6.45, 7) is 1.80. The average Bonchev–Trinajstić information content (AvgIpc) is 2.40. The number of hydrogen-bond acceptors (Lipinski definition) is 4. The number of para-hydroxylation sites is 1. The number of aryl methyl sites for hydroxylation is 1. The molecule has 0 aromatic heterocycles. The van der Waals surface area contributed by atoms with Crippen LogP contribution in [-0.4, -0.2) is 23.1 Å². The molecule has 0 saturated heterocycles. The van der Waals surface area contributed by atoms with Crippen molar-refractivity contribution in [3.05, 3.63) is 54.1 Å². The first-order valence-electron chi connectivity index (χ1n) is 6.09. The first-order valence-corrected chi connectivity index (χ1v) is 9.46. The van der Waals surface area contributed by atoms with Gasteiger partial charge in [0.05, 0.1) is 15.5 Å². The number of benzene rings is 2. The van der Waals surface area contributed by atoms with Crippen molar-refractivity contribution in [2.24, 2.45) is 0 Å². The predicted molar refractivity (Wildman–Crippen MR) is 81.5 cm³/mol. The number of anilines is 1. The van der Waals surface area contributed by atoms with Gasteiger partial charge in [-0.2, -0.15) is 0 Å². The fourth-order valence-corrected chi connectivity index (χ4v) is 3.52. The zero-order valence-corrected chi connectivity index (χ0v) is 13.2. The highest BCUT2D eigenvalue weighted by atomic mass is 32.2. The van der Waals surface area contributed by atoms with Crippen LogP contribution < -0.4 is 4.72 Å². The Kier molecular flexibility index (Phi) is 4.06. The van der Waals surface area contributed by atoms with E-state index in [9.17, 15) is 16.8 Å². The minimum Gasteiger partial charge on any atom is -0.279 e. The molecule has 0 spiro atoms. The summed E-state index contributed by atoms with van der Waals surface area (Å²) in [6, 6.07) is 12.1. The molecule has 0 fully saturated rings. The monoisotopic (exact) mass is 325 g/mol. The summed E-state index contributed by atoms with van der Waals surface area (Å²) in [6.07, 6.45) is 1.07. The standard InChI is InChI=1S/C14H15NO4S2/c1-11-5-3-4-6-14(11)15-21(18,19)13-9-7-12(8-10-13)20(2,16)17/h3-10,15H,1-2H3. The van der Waals surface area contributed by atoms with E-state index in [1.54, 1.807) is 25.1 Å². The quantitative estimate of drug-likeness (QED) is 0.934. The van der Waals surface area contributed by atoms with Gasteiger partial charge in [0, 0.05) is 6.26 Å². The van der Waals surface area contributed by atoms with E-state index in [2.05, 4.69) is 4.72 Å². The van der Waals surface area contributed by atoms with Crippen LogP contribution in [0.1, 0.15) is 5.56 Å². The zero-order chi connectivity index (χ0) is 15.7. The van der Waals surface area contributed by atoms with Crippen LogP contribution in [-0.2, 0) is 19.9 Å². The van der Waals surface area contributed by atoms with Crippen LogP contribution in [0.3, 0.4) is 0 Å². The summed E-state index contributed by atoms with van der Waals surface area (Å²) in [7, 11) is -7.09. The van der Waals surface area contributed by atoms with Crippen LogP contribution in [0.15, 0.2) is 58.3 Å². The lowest BCUT2D eigenvalue weighted by molar-refractivity contribution is 0.597. The van der Waals surface area contributed by atoms with Crippen molar-refractivity contribution in [3.8, 4) is 0 Å². The molecule has 5 nitrogen and oxygen atoms in total. The molecule has 1 N–H and O–H groups in total. The highest BCUT2D eigenvalue weighted by Gasteiger charge is 2.16. The molecule has 0 radical (unpaired) electrons. The highest BCUT2D eigenvalue weighted by Crippen LogP contribution is 2.20. The van der Waals surface area contributed by atoms with Crippen molar-refractivity contribution >= 4 is 25.5 Å². The van der Waals surface area contributed by atoms with Crippen molar-refractivity contribution in [3.63, 3.8) is 0 Å². The fourth-order valence-electron chi connectivity index (χ4n) is 1.76. The van der Waals surface area contributed by atoms with Crippen LogP contribution in [0.5, 0.6) is 0 Å². The maximum atomic E-state index is 12.3. The van der Waals surface area contributed by atoms with Gasteiger partial charge in [-0.15, -0.1) is 0 Å². The molecule has 0 aliphatic heterocycles. The number of sulfone groups is 1. The van der Waals surface area contributed by atoms with Gasteiger partial charge < -0.3 is 0 Å². The second-order valence-corrected chi connectivity index (χ2v) is 8.36. The second kappa shape index (κ2) is 5.50. The maximum Gasteiger partial charge on any atom is 0.261 e. The van der Waals surface area contributed by atoms with E-state index in [-0.39, 0.29) is 9.79 Å². The van der Waals surface area contributed by atoms with Gasteiger partial charge in [-0.1, -0.05) is 18.2 Å². The normalized spacial score (nSPS) is 12.1. The van der Waals surface area contributed by atoms with Crippen LogP contribution in [0.4, 0.5) is 5.69 Å². The van der Waals surface area contributed by atoms with E-state index in [1.165, 1.54) is 24.3 Å². The lowest BCUT2D eigenvalue weighted by Crippen LogP contribution is -2.13. The van der Waals surface area contributed by atoms with E-state index in [0.29, 0.717) is 5.69 Å². The SMILES string of the molecule is Cc1ccccc1NS(=O)(=O)c1ccc(S(C)(=O)=O)cc1. The Morgan fingerprint density at radius 1 is 0.810 bits per heavy atom. The number of rotatable bonds is 4. The molecular weight excluding hydrogens is 310 g/mol. The molecule has 21 heavy (non-hydrogen) atoms. The van der Waals surface area contributed by atoms with E-state index in [0.717, 1.165) is 11.8 Å². The minimum atomic E-state index is -3.74. The Bertz CT molecular complexity index is 854. The molecule has 0 bridgehead atoms. The van der Waals surface area contributed by atoms with Crippen LogP contribution >= 0.6 is 0 Å². The predicted octanol–water partition coefficient (Wildman–Crippen LogP) is 2.20. The molecule has 0 atom stereocenters. The molecule has 0 unspecified atom stereocenters. The van der Waals surface area contributed by atoms with Crippen molar-refractivity contribution in [1.82, 2.24) is 0 Å². The Morgan fingerprint density at radius 2 is 1.33 bits per heavy atom. The van der Waals surface area contributed by atoms with Gasteiger partial charge >= 0.3 is 0 Å². The van der Waals surface area contributed by atoms with E-state index in [4.69, 9.17) is 0 Å². The second-order valence-electron chi connectivity index (χ2n) is 4.66. The lowest BCUT2D eigenvalue weighted by atomic mass is 10.2. The van der Waals surface area contributed by atoms with Crippen LogP contribution in [0.2, 0.25) is 0 Å². The summed E-state index contributed by atoms with van der Waals surface area (Å²) >= 11 is 0. The van der Waals surface area contributed by atoms with E-state index >= 15 is 0 Å². The Hall–Kier alpha value is -1.86. The first kappa shape index (κ1) is 15.5. The van der Waals surface area contributed by atoms with E-state index < -0.39 is 19.9 Å². The average molecular weight is 325 g/mol. The molecular formula is C14H15NO4S2. The molecule has 0 saturated carbocycles. The lowest BCUT2D eigenvalue weighted by Gasteiger charge is -2.10. The first-order chi connectivity index (χ1) is 9.70. The van der Waals surface area contributed by atoms with Gasteiger partial charge in [-0.3, -0.25) is 4.72 Å². The molecule has 0 aliphatic carbocycles. The van der Waals surface area contributed by atoms with Crippen LogP contribution in [0.25, 0.3) is 0 Å². The van der Waals surface area contributed by atoms with Crippen molar-refractivity contribution < 1.29 is 16.8 Å². The molecule has 7 heteroatoms. The number of nitrogens with one attached hydrogen (secondary N) is 1. The van der Waals surface area contributed by atoms with Crippen molar-refractivity contribution in [2.75, 3.05) is 11.0 Å². The molecule has 0 aliphatic rings. The summed E-state index contributed by atoms with van der Waals surface area (Å²) in [4.78, 5) is 0.0931. The molecule has 2 aromatic carbocycles. The fraction of sp³-hybridized carbons (Fsp3) is 0.143. The summed E-state index contributed by atoms with van der Waals surface area (Å²) in [5.41, 5.74) is 1.29. The smallest absolute Gasteiger partial charge is 0.261 e. The van der Waals surface area contributed by atoms with Crippen molar-refractivity contribution in [2.45, 2.75) is 16.7 Å². The molecule has 0 heterocycles. The highest BCUT2D eigenvalue weighted by molar-refractivity contribution is 7.92. The minimum absolute atomic E-state index is 0.0122. The maximum absolute atomic E-state index is 12.3. The van der Waals surface area contributed by atoms with Gasteiger partial charge in [0.25, 0.3) is 10.0 Å². The molecule has 2 aromatic rings. The summed E-state index contributed by atoms with van der Waals surface area (Å²) < 4.78 is 49.7. The van der Waals surface area contributed by atoms with Crippen molar-refractivity contribution in [1.29, 1.82) is 0 Å². The third-order valence-corrected chi connectivity index (χ3v) is 5.46. The Labute approximate surface area is 124 Å². The molecule has 2 rings (SSSR count). The zero-order valence-electron chi connectivity index (χ0n) is 11.6. The summed E-state index contributed by atoms with van der Waals surface area (Å²) in [5.74, 6) is 0. The van der Waals surface area contributed by atoms with Gasteiger partial charge in [-0.25, -0.2) is 16.8 Å². The summed E-state index contributed by atoms with van der Waals surface area (Å²) in [5, 5.41) is 0. The molecule has 112 valence electrons. The Balaban J connectivity index is 2.35. The van der Waals surface area contributed by atoms with Gasteiger partial charge in [0.15, 0.2) is 9.84 Å². The van der Waals surface area contributed by atoms with E-state index in [1.807, 2.05) is 6.07 Å².